The van der Waals surface area contributed by atoms with Crippen molar-refractivity contribution in [3.8, 4) is 0 Å². The summed E-state index contributed by atoms with van der Waals surface area (Å²) >= 11 is 0. The fourth-order valence-corrected chi connectivity index (χ4v) is 3.60. The quantitative estimate of drug-likeness (QED) is 0.613. The summed E-state index contributed by atoms with van der Waals surface area (Å²) in [6, 6.07) is 4.05. The lowest BCUT2D eigenvalue weighted by Gasteiger charge is -2.33. The molecule has 6 heteroatoms. The van der Waals surface area contributed by atoms with Gasteiger partial charge < -0.3 is 4.74 Å². The smallest absolute Gasteiger partial charge is 0.276 e. The highest BCUT2D eigenvalue weighted by Crippen LogP contribution is 2.27. The molecule has 0 radical (unpaired) electrons. The molecule has 0 spiro atoms. The maximum absolute atomic E-state index is 14.0. The molecule has 1 aromatic rings. The van der Waals surface area contributed by atoms with Crippen LogP contribution in [0.2, 0.25) is 0 Å². The van der Waals surface area contributed by atoms with Crippen molar-refractivity contribution in [2.75, 3.05) is 13.1 Å². The number of hydrogen-bond donors (Lipinski definition) is 0. The van der Waals surface area contributed by atoms with E-state index in [9.17, 15) is 14.5 Å². The molecule has 1 saturated carbocycles. The molecule has 1 aliphatic heterocycles. The van der Waals surface area contributed by atoms with Gasteiger partial charge in [0, 0.05) is 25.7 Å². The molecule has 0 bridgehead atoms. The predicted octanol–water partition coefficient (Wildman–Crippen LogP) is 3.66. The van der Waals surface area contributed by atoms with E-state index in [0.717, 1.165) is 25.9 Å². The molecular weight excluding hydrogens is 299 g/mol. The van der Waals surface area contributed by atoms with Crippen molar-refractivity contribution in [2.24, 2.45) is 0 Å². The van der Waals surface area contributed by atoms with E-state index >= 15 is 0 Å². The summed E-state index contributed by atoms with van der Waals surface area (Å²) in [4.78, 5) is 12.6. The Bertz CT molecular complexity index is 553. The minimum absolute atomic E-state index is 0.130. The Kier molecular flexibility index (Phi) is 5.23. The molecule has 0 amide bonds. The lowest BCUT2D eigenvalue weighted by atomic mass is 10.1. The molecule has 0 atom stereocenters. The molecule has 1 aliphatic carbocycles. The lowest BCUT2D eigenvalue weighted by Crippen LogP contribution is -2.38. The molecule has 126 valence electrons. The zero-order valence-electron chi connectivity index (χ0n) is 13.2. The van der Waals surface area contributed by atoms with Crippen molar-refractivity contribution in [2.45, 2.75) is 57.3 Å². The maximum atomic E-state index is 14.0. The fourth-order valence-electron chi connectivity index (χ4n) is 3.60. The van der Waals surface area contributed by atoms with E-state index < -0.39 is 10.7 Å². The average molecular weight is 322 g/mol. The van der Waals surface area contributed by atoms with Crippen molar-refractivity contribution in [3.63, 3.8) is 0 Å². The monoisotopic (exact) mass is 322 g/mol. The summed E-state index contributed by atoms with van der Waals surface area (Å²) in [5.74, 6) is -0.497. The Morgan fingerprint density at radius 1 is 1.17 bits per heavy atom. The van der Waals surface area contributed by atoms with E-state index in [-0.39, 0.29) is 17.4 Å². The number of piperidine rings is 1. The first kappa shape index (κ1) is 16.3. The summed E-state index contributed by atoms with van der Waals surface area (Å²) in [5, 5.41) is 11.1. The van der Waals surface area contributed by atoms with Gasteiger partial charge in [-0.05, 0) is 31.7 Å². The topological polar surface area (TPSA) is 55.6 Å². The Morgan fingerprint density at radius 3 is 2.48 bits per heavy atom. The fraction of sp³-hybridized carbons (Fsp3) is 0.647. The third-order valence-electron chi connectivity index (χ3n) is 4.89. The number of halogens is 1. The molecule has 0 aromatic heterocycles. The Balaban J connectivity index is 1.55. The average Bonchev–Trinajstić information content (AvgIpc) is 3.04. The Labute approximate surface area is 135 Å². The molecule has 0 unspecified atom stereocenters. The van der Waals surface area contributed by atoms with Gasteiger partial charge in [0.25, 0.3) is 5.69 Å². The second-order valence-electron chi connectivity index (χ2n) is 6.51. The molecule has 1 saturated heterocycles. The van der Waals surface area contributed by atoms with Gasteiger partial charge in [0.1, 0.15) is 5.82 Å². The third-order valence-corrected chi connectivity index (χ3v) is 4.89. The molecule has 1 aromatic carbocycles. The second kappa shape index (κ2) is 7.36. The molecular formula is C17H23FN2O3. The Hall–Kier alpha value is -1.53. The van der Waals surface area contributed by atoms with Gasteiger partial charge in [0.05, 0.1) is 22.7 Å². The molecule has 1 heterocycles. The molecule has 3 rings (SSSR count). The SMILES string of the molecule is O=[N+]([O-])c1cccc(F)c1CN1CCC(OC2CCCC2)CC1. The number of nitro benzene ring substituents is 1. The predicted molar refractivity (Wildman–Crippen MR) is 84.7 cm³/mol. The number of nitro groups is 1. The van der Waals surface area contributed by atoms with Crippen LogP contribution in [0.1, 0.15) is 44.1 Å². The number of benzene rings is 1. The van der Waals surface area contributed by atoms with E-state index in [2.05, 4.69) is 4.90 Å². The lowest BCUT2D eigenvalue weighted by molar-refractivity contribution is -0.386. The van der Waals surface area contributed by atoms with Crippen LogP contribution in [0, 0.1) is 15.9 Å². The zero-order chi connectivity index (χ0) is 16.2. The van der Waals surface area contributed by atoms with Crippen LogP contribution in [-0.4, -0.2) is 35.1 Å². The van der Waals surface area contributed by atoms with Crippen molar-refractivity contribution in [3.05, 3.63) is 39.7 Å². The van der Waals surface area contributed by atoms with Crippen molar-refractivity contribution >= 4 is 5.69 Å². The first-order valence-electron chi connectivity index (χ1n) is 8.43. The number of rotatable bonds is 5. The van der Waals surface area contributed by atoms with Crippen LogP contribution in [-0.2, 0) is 11.3 Å². The minimum Gasteiger partial charge on any atom is -0.375 e. The summed E-state index contributed by atoms with van der Waals surface area (Å²) in [7, 11) is 0. The van der Waals surface area contributed by atoms with Crippen LogP contribution in [0.3, 0.4) is 0 Å². The first-order valence-corrected chi connectivity index (χ1v) is 8.43. The van der Waals surface area contributed by atoms with Gasteiger partial charge >= 0.3 is 0 Å². The number of ether oxygens (including phenoxy) is 1. The first-order chi connectivity index (χ1) is 11.1. The van der Waals surface area contributed by atoms with Crippen LogP contribution < -0.4 is 0 Å². The van der Waals surface area contributed by atoms with Crippen molar-refractivity contribution < 1.29 is 14.1 Å². The van der Waals surface area contributed by atoms with Gasteiger partial charge in [-0.15, -0.1) is 0 Å². The van der Waals surface area contributed by atoms with E-state index in [1.165, 1.54) is 43.9 Å². The number of likely N-dealkylation sites (tertiary alicyclic amines) is 1. The van der Waals surface area contributed by atoms with Gasteiger partial charge in [0.2, 0.25) is 0 Å². The molecule has 5 nitrogen and oxygen atoms in total. The van der Waals surface area contributed by atoms with Crippen LogP contribution >= 0.6 is 0 Å². The van der Waals surface area contributed by atoms with Crippen molar-refractivity contribution in [1.29, 1.82) is 0 Å². The van der Waals surface area contributed by atoms with Gasteiger partial charge in [0.15, 0.2) is 0 Å². The van der Waals surface area contributed by atoms with Gasteiger partial charge in [-0.2, -0.15) is 0 Å². The highest BCUT2D eigenvalue weighted by molar-refractivity contribution is 5.40. The van der Waals surface area contributed by atoms with E-state index in [0.29, 0.717) is 12.6 Å². The molecule has 2 fully saturated rings. The molecule has 2 aliphatic rings. The number of nitrogens with zero attached hydrogens (tertiary/aromatic N) is 2. The van der Waals surface area contributed by atoms with Crippen LogP contribution in [0.25, 0.3) is 0 Å². The standard InChI is InChI=1S/C17H23FN2O3/c18-16-6-3-7-17(20(21)22)15(16)12-19-10-8-14(9-11-19)23-13-4-1-2-5-13/h3,6-7,13-14H,1-2,4-5,8-12H2. The largest absolute Gasteiger partial charge is 0.375 e. The molecule has 0 N–H and O–H groups in total. The second-order valence-corrected chi connectivity index (χ2v) is 6.51. The summed E-state index contributed by atoms with van der Waals surface area (Å²) in [6.07, 6.45) is 7.39. The summed E-state index contributed by atoms with van der Waals surface area (Å²) in [5.41, 5.74) is 0.0574. The summed E-state index contributed by atoms with van der Waals surface area (Å²) < 4.78 is 20.1. The van der Waals surface area contributed by atoms with E-state index in [1.54, 1.807) is 0 Å². The van der Waals surface area contributed by atoms with E-state index in [4.69, 9.17) is 4.74 Å². The summed E-state index contributed by atoms with van der Waals surface area (Å²) in [6.45, 7) is 1.88. The normalized spacial score (nSPS) is 20.9. The minimum atomic E-state index is -0.506. The van der Waals surface area contributed by atoms with Crippen LogP contribution in [0.15, 0.2) is 18.2 Å². The van der Waals surface area contributed by atoms with E-state index in [1.807, 2.05) is 0 Å². The highest BCUT2D eigenvalue weighted by atomic mass is 19.1. The Morgan fingerprint density at radius 2 is 1.83 bits per heavy atom. The molecule has 23 heavy (non-hydrogen) atoms. The number of hydrogen-bond acceptors (Lipinski definition) is 4. The van der Waals surface area contributed by atoms with Crippen LogP contribution in [0.4, 0.5) is 10.1 Å². The van der Waals surface area contributed by atoms with Crippen LogP contribution in [0.5, 0.6) is 0 Å². The zero-order valence-corrected chi connectivity index (χ0v) is 13.2. The van der Waals surface area contributed by atoms with Gasteiger partial charge in [-0.3, -0.25) is 15.0 Å². The van der Waals surface area contributed by atoms with Gasteiger partial charge in [-0.25, -0.2) is 4.39 Å². The highest BCUT2D eigenvalue weighted by Gasteiger charge is 2.27. The van der Waals surface area contributed by atoms with Gasteiger partial charge in [-0.1, -0.05) is 18.9 Å². The maximum Gasteiger partial charge on any atom is 0.276 e. The third kappa shape index (κ3) is 4.06. The van der Waals surface area contributed by atoms with Crippen molar-refractivity contribution in [1.82, 2.24) is 4.90 Å².